The number of aromatic hydroxyl groups is 1. The monoisotopic (exact) mass is 291 g/mol. The molecule has 0 radical (unpaired) electrons. The first kappa shape index (κ1) is 13.2. The zero-order chi connectivity index (χ0) is 13.4. The zero-order valence-corrected chi connectivity index (χ0v) is 11.0. The van der Waals surface area contributed by atoms with Crippen LogP contribution in [0.25, 0.3) is 0 Å². The molecule has 8 heteroatoms. The fraction of sp³-hybridized carbons (Fsp3) is 0.400. The van der Waals surface area contributed by atoms with Crippen molar-refractivity contribution in [2.75, 3.05) is 16.2 Å². The van der Waals surface area contributed by atoms with Gasteiger partial charge in [-0.2, -0.15) is 0 Å². The van der Waals surface area contributed by atoms with Crippen molar-refractivity contribution in [3.8, 4) is 5.75 Å². The third-order valence-electron chi connectivity index (χ3n) is 2.76. The van der Waals surface area contributed by atoms with E-state index in [0.29, 0.717) is 5.69 Å². The number of rotatable bonds is 3. The molecule has 1 aliphatic rings. The summed E-state index contributed by atoms with van der Waals surface area (Å²) in [4.78, 5) is 0. The van der Waals surface area contributed by atoms with Gasteiger partial charge in [-0.25, -0.2) is 16.8 Å². The highest BCUT2D eigenvalue weighted by molar-refractivity contribution is 7.97. The Morgan fingerprint density at radius 2 is 1.83 bits per heavy atom. The average Bonchev–Trinajstić information content (AvgIpc) is 2.63. The number of sulfonamides is 1. The number of benzene rings is 1. The van der Waals surface area contributed by atoms with Crippen LogP contribution in [0.15, 0.2) is 24.3 Å². The molecular weight excluding hydrogens is 278 g/mol. The molecule has 1 aromatic rings. The SMILES string of the molecule is O=S1(=O)CC[C@@H](S(=O)(=O)Nc2ccc(O)cc2)C1. The van der Waals surface area contributed by atoms with Gasteiger partial charge in [-0.05, 0) is 30.7 Å². The third-order valence-corrected chi connectivity index (χ3v) is 6.54. The van der Waals surface area contributed by atoms with Crippen LogP contribution in [0.4, 0.5) is 5.69 Å². The summed E-state index contributed by atoms with van der Waals surface area (Å²) in [6.45, 7) is 0. The summed E-state index contributed by atoms with van der Waals surface area (Å²) in [5, 5.41) is 8.17. The Morgan fingerprint density at radius 3 is 2.33 bits per heavy atom. The zero-order valence-electron chi connectivity index (χ0n) is 9.40. The molecule has 0 amide bonds. The van der Waals surface area contributed by atoms with Crippen molar-refractivity contribution in [1.29, 1.82) is 0 Å². The fourth-order valence-corrected chi connectivity index (χ4v) is 5.87. The molecule has 0 aromatic heterocycles. The molecule has 1 atom stereocenters. The van der Waals surface area contributed by atoms with Crippen LogP contribution in [0.5, 0.6) is 5.75 Å². The van der Waals surface area contributed by atoms with Gasteiger partial charge in [0.05, 0.1) is 16.8 Å². The van der Waals surface area contributed by atoms with Gasteiger partial charge in [0, 0.05) is 5.69 Å². The van der Waals surface area contributed by atoms with Crippen molar-refractivity contribution in [2.45, 2.75) is 11.7 Å². The highest BCUT2D eigenvalue weighted by Crippen LogP contribution is 2.22. The first-order valence-corrected chi connectivity index (χ1v) is 8.66. The van der Waals surface area contributed by atoms with Gasteiger partial charge < -0.3 is 5.11 Å². The predicted molar refractivity (Wildman–Crippen MR) is 67.7 cm³/mol. The number of hydrogen-bond donors (Lipinski definition) is 2. The quantitative estimate of drug-likeness (QED) is 0.781. The maximum atomic E-state index is 11.9. The normalized spacial score (nSPS) is 22.8. The van der Waals surface area contributed by atoms with Gasteiger partial charge in [0.15, 0.2) is 9.84 Å². The Hall–Kier alpha value is -1.28. The number of sulfone groups is 1. The molecule has 1 heterocycles. The Morgan fingerprint density at radius 1 is 1.22 bits per heavy atom. The standard InChI is InChI=1S/C10H13NO5S2/c12-9-3-1-8(2-4-9)11-18(15,16)10-5-6-17(13,14)7-10/h1-4,10-12H,5-7H2/t10-/m1/s1. The van der Waals surface area contributed by atoms with Gasteiger partial charge in [-0.3, -0.25) is 4.72 Å². The molecule has 0 saturated carbocycles. The lowest BCUT2D eigenvalue weighted by molar-refractivity contribution is 0.475. The van der Waals surface area contributed by atoms with Crippen LogP contribution in [0.2, 0.25) is 0 Å². The first-order chi connectivity index (χ1) is 8.28. The van der Waals surface area contributed by atoms with Crippen LogP contribution < -0.4 is 4.72 Å². The van der Waals surface area contributed by atoms with Crippen LogP contribution in [-0.4, -0.2) is 38.7 Å². The summed E-state index contributed by atoms with van der Waals surface area (Å²) < 4.78 is 48.7. The molecular formula is C10H13NO5S2. The first-order valence-electron chi connectivity index (χ1n) is 5.30. The third kappa shape index (κ3) is 2.94. The van der Waals surface area contributed by atoms with Crippen molar-refractivity contribution < 1.29 is 21.9 Å². The van der Waals surface area contributed by atoms with Crippen LogP contribution in [0.3, 0.4) is 0 Å². The van der Waals surface area contributed by atoms with E-state index in [1.54, 1.807) is 0 Å². The lowest BCUT2D eigenvalue weighted by Crippen LogP contribution is -2.28. The highest BCUT2D eigenvalue weighted by atomic mass is 32.2. The Balaban J connectivity index is 2.15. The van der Waals surface area contributed by atoms with Crippen molar-refractivity contribution in [2.24, 2.45) is 0 Å². The summed E-state index contributed by atoms with van der Waals surface area (Å²) in [7, 11) is -6.94. The summed E-state index contributed by atoms with van der Waals surface area (Å²) in [6.07, 6.45) is 0.121. The van der Waals surface area contributed by atoms with Crippen LogP contribution >= 0.6 is 0 Å². The van der Waals surface area contributed by atoms with Gasteiger partial charge in [-0.1, -0.05) is 0 Å². The lowest BCUT2D eigenvalue weighted by atomic mass is 10.3. The van der Waals surface area contributed by atoms with Gasteiger partial charge >= 0.3 is 0 Å². The van der Waals surface area contributed by atoms with E-state index in [4.69, 9.17) is 5.11 Å². The van der Waals surface area contributed by atoms with E-state index in [-0.39, 0.29) is 23.7 Å². The molecule has 2 rings (SSSR count). The molecule has 100 valence electrons. The smallest absolute Gasteiger partial charge is 0.236 e. The van der Waals surface area contributed by atoms with Crippen LogP contribution in [0.1, 0.15) is 6.42 Å². The topological polar surface area (TPSA) is 101 Å². The van der Waals surface area contributed by atoms with Crippen LogP contribution in [0, 0.1) is 0 Å². The second-order valence-corrected chi connectivity index (χ2v) is 8.41. The second-order valence-electron chi connectivity index (χ2n) is 4.22. The lowest BCUT2D eigenvalue weighted by Gasteiger charge is -2.12. The summed E-state index contributed by atoms with van der Waals surface area (Å²) in [6, 6.07) is 5.53. The highest BCUT2D eigenvalue weighted by Gasteiger charge is 2.37. The molecule has 1 fully saturated rings. The second kappa shape index (κ2) is 4.43. The van der Waals surface area contributed by atoms with E-state index < -0.39 is 25.1 Å². The molecule has 1 saturated heterocycles. The van der Waals surface area contributed by atoms with Gasteiger partial charge in [0.1, 0.15) is 5.75 Å². The molecule has 0 spiro atoms. The Kier molecular flexibility index (Phi) is 3.24. The van der Waals surface area contributed by atoms with E-state index in [2.05, 4.69) is 4.72 Å². The number of phenols is 1. The maximum absolute atomic E-state index is 11.9. The molecule has 0 unspecified atom stereocenters. The van der Waals surface area contributed by atoms with Gasteiger partial charge in [0.2, 0.25) is 10.0 Å². The summed E-state index contributed by atoms with van der Waals surface area (Å²) in [5.74, 6) is -0.393. The molecule has 1 aromatic carbocycles. The van der Waals surface area contributed by atoms with E-state index in [1.807, 2.05) is 0 Å². The van der Waals surface area contributed by atoms with Gasteiger partial charge in [-0.15, -0.1) is 0 Å². The van der Waals surface area contributed by atoms with Crippen molar-refractivity contribution in [1.82, 2.24) is 0 Å². The van der Waals surface area contributed by atoms with Gasteiger partial charge in [0.25, 0.3) is 0 Å². The molecule has 6 nitrogen and oxygen atoms in total. The predicted octanol–water partition coefficient (Wildman–Crippen LogP) is 0.321. The largest absolute Gasteiger partial charge is 0.508 e. The molecule has 18 heavy (non-hydrogen) atoms. The molecule has 1 aliphatic heterocycles. The Bertz CT molecular complexity index is 633. The molecule has 0 aliphatic carbocycles. The average molecular weight is 291 g/mol. The molecule has 0 bridgehead atoms. The van der Waals surface area contributed by atoms with Crippen molar-refractivity contribution in [3.05, 3.63) is 24.3 Å². The molecule has 2 N–H and O–H groups in total. The van der Waals surface area contributed by atoms with E-state index in [0.717, 1.165) is 0 Å². The minimum atomic E-state index is -3.71. The van der Waals surface area contributed by atoms with E-state index in [9.17, 15) is 16.8 Å². The van der Waals surface area contributed by atoms with E-state index >= 15 is 0 Å². The Labute approximate surface area is 106 Å². The maximum Gasteiger partial charge on any atom is 0.236 e. The van der Waals surface area contributed by atoms with E-state index in [1.165, 1.54) is 24.3 Å². The van der Waals surface area contributed by atoms with Crippen molar-refractivity contribution >= 4 is 25.5 Å². The van der Waals surface area contributed by atoms with Crippen LogP contribution in [-0.2, 0) is 19.9 Å². The minimum Gasteiger partial charge on any atom is -0.508 e. The number of hydrogen-bond acceptors (Lipinski definition) is 5. The summed E-state index contributed by atoms with van der Waals surface area (Å²) in [5.41, 5.74) is 0.303. The minimum absolute atomic E-state index is 0.0291. The van der Waals surface area contributed by atoms with Crippen molar-refractivity contribution in [3.63, 3.8) is 0 Å². The fourth-order valence-electron chi connectivity index (χ4n) is 1.78. The number of nitrogens with one attached hydrogen (secondary N) is 1. The summed E-state index contributed by atoms with van der Waals surface area (Å²) >= 11 is 0. The number of anilines is 1. The number of phenolic OH excluding ortho intramolecular Hbond substituents is 1.